The third kappa shape index (κ3) is 3.62. The minimum absolute atomic E-state index is 0.810. The van der Waals surface area contributed by atoms with Crippen LogP contribution in [-0.2, 0) is 13.5 Å². The average Bonchev–Trinajstić information content (AvgIpc) is 3.16. The maximum Gasteiger partial charge on any atom is 0.216 e. The molecule has 2 unspecified atom stereocenters. The van der Waals surface area contributed by atoms with E-state index in [1.165, 1.54) is 76.0 Å². The van der Waals surface area contributed by atoms with E-state index in [1.807, 2.05) is 0 Å². The largest absolute Gasteiger partial charge is 0.455 e. The zero-order chi connectivity index (χ0) is 22.5. The Morgan fingerprint density at radius 3 is 2.58 bits per heavy atom. The number of rotatable bonds is 3. The molecule has 5 aromatic rings. The maximum atomic E-state index is 6.57. The Hall–Kier alpha value is -3.13. The van der Waals surface area contributed by atoms with Crippen LogP contribution in [-0.4, -0.2) is 0 Å². The van der Waals surface area contributed by atoms with Crippen LogP contribution in [0.25, 0.3) is 44.0 Å². The molecule has 0 amide bonds. The van der Waals surface area contributed by atoms with Gasteiger partial charge < -0.3 is 4.42 Å². The van der Waals surface area contributed by atoms with Crippen LogP contribution in [0.1, 0.15) is 43.7 Å². The number of hydrogen-bond acceptors (Lipinski definition) is 1. The first kappa shape index (κ1) is 20.5. The van der Waals surface area contributed by atoms with Crippen molar-refractivity contribution < 1.29 is 8.98 Å². The van der Waals surface area contributed by atoms with Gasteiger partial charge in [-0.3, -0.25) is 0 Å². The Balaban J connectivity index is 1.50. The second-order valence-corrected chi connectivity index (χ2v) is 10.3. The van der Waals surface area contributed by atoms with Gasteiger partial charge in [0.05, 0.1) is 5.56 Å². The molecule has 0 N–H and O–H groups in total. The molecule has 6 rings (SSSR count). The van der Waals surface area contributed by atoms with Crippen molar-refractivity contribution in [2.75, 3.05) is 0 Å². The normalized spacial score (nSPS) is 19.0. The highest BCUT2D eigenvalue weighted by atomic mass is 16.3. The zero-order valence-electron chi connectivity index (χ0n) is 19.9. The van der Waals surface area contributed by atoms with Crippen molar-refractivity contribution in [3.05, 3.63) is 78.0 Å². The van der Waals surface area contributed by atoms with E-state index in [-0.39, 0.29) is 0 Å². The van der Waals surface area contributed by atoms with Gasteiger partial charge in [0.25, 0.3) is 0 Å². The standard InChI is InChI=1S/C31H32NO/c1-20-7-6-8-22(15-20)16-23-13-14-32(3)28(17-23)30-21(2)11-12-26-27-18-24-9-4-5-10-25(24)19-29(27)33-31(26)30/h4-5,9-14,17-20,22H,6-8,15-16H2,1-3H3/q+1. The van der Waals surface area contributed by atoms with Gasteiger partial charge in [-0.05, 0) is 65.6 Å². The second-order valence-electron chi connectivity index (χ2n) is 10.3. The predicted octanol–water partition coefficient (Wildman–Crippen LogP) is 7.91. The van der Waals surface area contributed by atoms with E-state index < -0.39 is 0 Å². The van der Waals surface area contributed by atoms with E-state index >= 15 is 0 Å². The molecular formula is C31H32NO+. The summed E-state index contributed by atoms with van der Waals surface area (Å²) in [5.74, 6) is 1.68. The molecule has 1 fully saturated rings. The summed E-state index contributed by atoms with van der Waals surface area (Å²) in [6.45, 7) is 4.62. The van der Waals surface area contributed by atoms with Crippen molar-refractivity contribution in [2.45, 2.75) is 46.0 Å². The van der Waals surface area contributed by atoms with Crippen LogP contribution in [0.15, 0.2) is 71.3 Å². The molecule has 166 valence electrons. The van der Waals surface area contributed by atoms with Gasteiger partial charge in [-0.15, -0.1) is 0 Å². The van der Waals surface area contributed by atoms with E-state index in [4.69, 9.17) is 4.42 Å². The van der Waals surface area contributed by atoms with Crippen LogP contribution < -0.4 is 4.57 Å². The molecule has 1 aliphatic carbocycles. The third-order valence-corrected chi connectivity index (χ3v) is 7.76. The molecule has 1 aliphatic rings. The lowest BCUT2D eigenvalue weighted by Crippen LogP contribution is -2.31. The molecule has 1 saturated carbocycles. The molecule has 0 aliphatic heterocycles. The molecule has 2 nitrogen and oxygen atoms in total. The number of pyridine rings is 1. The van der Waals surface area contributed by atoms with Gasteiger partial charge in [0.15, 0.2) is 6.20 Å². The number of fused-ring (bicyclic) bond motifs is 4. The van der Waals surface area contributed by atoms with Crippen molar-refractivity contribution in [1.82, 2.24) is 0 Å². The van der Waals surface area contributed by atoms with Gasteiger partial charge in [-0.1, -0.05) is 62.6 Å². The Labute approximate surface area is 195 Å². The van der Waals surface area contributed by atoms with Gasteiger partial charge in [-0.25, -0.2) is 4.57 Å². The Morgan fingerprint density at radius 1 is 0.939 bits per heavy atom. The van der Waals surface area contributed by atoms with Gasteiger partial charge in [0, 0.05) is 22.9 Å². The summed E-state index contributed by atoms with van der Waals surface area (Å²) in [5.41, 5.74) is 7.12. The molecule has 0 bridgehead atoms. The van der Waals surface area contributed by atoms with E-state index in [9.17, 15) is 0 Å². The first-order valence-corrected chi connectivity index (χ1v) is 12.4. The summed E-state index contributed by atoms with van der Waals surface area (Å²) in [5, 5.41) is 4.86. The first-order chi connectivity index (χ1) is 16.1. The highest BCUT2D eigenvalue weighted by Crippen LogP contribution is 2.39. The fraction of sp³-hybridized carbons (Fsp3) is 0.323. The molecule has 2 aromatic heterocycles. The summed E-state index contributed by atoms with van der Waals surface area (Å²) in [6, 6.07) is 22.2. The Kier molecular flexibility index (Phi) is 4.98. The van der Waals surface area contributed by atoms with Crippen molar-refractivity contribution in [3.8, 4) is 11.3 Å². The topological polar surface area (TPSA) is 17.0 Å². The van der Waals surface area contributed by atoms with Crippen LogP contribution in [0.3, 0.4) is 0 Å². The molecule has 2 heterocycles. The SMILES string of the molecule is Cc1ccc2c(oc3cc4ccccc4cc32)c1-c1cc(CC2CCCC(C)C2)cc[n+]1C. The number of nitrogens with zero attached hydrogens (tertiary/aromatic N) is 1. The highest BCUT2D eigenvalue weighted by molar-refractivity contribution is 6.13. The number of aryl methyl sites for hydroxylation is 2. The molecule has 33 heavy (non-hydrogen) atoms. The summed E-state index contributed by atoms with van der Waals surface area (Å²) < 4.78 is 8.82. The number of aromatic nitrogens is 1. The maximum absolute atomic E-state index is 6.57. The summed E-state index contributed by atoms with van der Waals surface area (Å²) in [4.78, 5) is 0. The molecule has 2 atom stereocenters. The van der Waals surface area contributed by atoms with Crippen LogP contribution in [0, 0.1) is 18.8 Å². The van der Waals surface area contributed by atoms with Crippen molar-refractivity contribution in [3.63, 3.8) is 0 Å². The van der Waals surface area contributed by atoms with Crippen molar-refractivity contribution in [1.29, 1.82) is 0 Å². The number of benzene rings is 3. The average molecular weight is 435 g/mol. The summed E-state index contributed by atoms with van der Waals surface area (Å²) >= 11 is 0. The second kappa shape index (κ2) is 8.02. The summed E-state index contributed by atoms with van der Waals surface area (Å²) in [7, 11) is 2.15. The minimum atomic E-state index is 0.810. The quantitative estimate of drug-likeness (QED) is 0.264. The van der Waals surface area contributed by atoms with E-state index in [0.717, 1.165) is 23.0 Å². The highest BCUT2D eigenvalue weighted by Gasteiger charge is 2.23. The molecule has 0 spiro atoms. The summed E-state index contributed by atoms with van der Waals surface area (Å²) in [6.07, 6.45) is 8.91. The lowest BCUT2D eigenvalue weighted by molar-refractivity contribution is -0.660. The fourth-order valence-corrected chi connectivity index (χ4v) is 6.01. The van der Waals surface area contributed by atoms with Gasteiger partial charge in [0.2, 0.25) is 5.69 Å². The van der Waals surface area contributed by atoms with Crippen molar-refractivity contribution in [2.24, 2.45) is 18.9 Å². The molecule has 0 saturated heterocycles. The number of furan rings is 1. The van der Waals surface area contributed by atoms with E-state index in [2.05, 4.69) is 92.3 Å². The lowest BCUT2D eigenvalue weighted by Gasteiger charge is -2.26. The van der Waals surface area contributed by atoms with E-state index in [0.29, 0.717) is 0 Å². The lowest BCUT2D eigenvalue weighted by atomic mass is 9.79. The monoisotopic (exact) mass is 434 g/mol. The predicted molar refractivity (Wildman–Crippen MR) is 137 cm³/mol. The molecular weight excluding hydrogens is 402 g/mol. The third-order valence-electron chi connectivity index (χ3n) is 7.76. The van der Waals surface area contributed by atoms with Gasteiger partial charge in [-0.2, -0.15) is 0 Å². The van der Waals surface area contributed by atoms with Gasteiger partial charge >= 0.3 is 0 Å². The molecule has 2 heteroatoms. The van der Waals surface area contributed by atoms with Crippen LogP contribution in [0.4, 0.5) is 0 Å². The Bertz CT molecular complexity index is 1490. The van der Waals surface area contributed by atoms with Crippen LogP contribution >= 0.6 is 0 Å². The van der Waals surface area contributed by atoms with Crippen molar-refractivity contribution >= 4 is 32.7 Å². The number of hydrogen-bond donors (Lipinski definition) is 0. The fourth-order valence-electron chi connectivity index (χ4n) is 6.01. The Morgan fingerprint density at radius 2 is 1.76 bits per heavy atom. The first-order valence-electron chi connectivity index (χ1n) is 12.4. The van der Waals surface area contributed by atoms with Gasteiger partial charge in [0.1, 0.15) is 18.2 Å². The minimum Gasteiger partial charge on any atom is -0.455 e. The zero-order valence-corrected chi connectivity index (χ0v) is 19.9. The van der Waals surface area contributed by atoms with Crippen LogP contribution in [0.2, 0.25) is 0 Å². The van der Waals surface area contributed by atoms with E-state index in [1.54, 1.807) is 0 Å². The molecule has 0 radical (unpaired) electrons. The van der Waals surface area contributed by atoms with Crippen LogP contribution in [0.5, 0.6) is 0 Å². The smallest absolute Gasteiger partial charge is 0.216 e. The molecule has 3 aromatic carbocycles.